The van der Waals surface area contributed by atoms with Crippen LogP contribution in [0.4, 0.5) is 0 Å². The fourth-order valence-electron chi connectivity index (χ4n) is 2.78. The number of aliphatic imine (C=N–C) groups is 1. The van der Waals surface area contributed by atoms with Crippen molar-refractivity contribution in [2.75, 3.05) is 33.2 Å². The average molecular weight is 299 g/mol. The van der Waals surface area contributed by atoms with Crippen molar-refractivity contribution < 1.29 is 0 Å². The molecule has 1 aromatic heterocycles. The van der Waals surface area contributed by atoms with Crippen LogP contribution in [0.5, 0.6) is 0 Å². The third-order valence-corrected chi connectivity index (χ3v) is 4.74. The minimum atomic E-state index is 1.05. The van der Waals surface area contributed by atoms with E-state index in [1.54, 1.807) is 0 Å². The summed E-state index contributed by atoms with van der Waals surface area (Å²) in [6.07, 6.45) is 0. The van der Waals surface area contributed by atoms with E-state index in [2.05, 4.69) is 62.6 Å². The minimum Gasteiger partial charge on any atom is -0.354 e. The summed E-state index contributed by atoms with van der Waals surface area (Å²) in [5.41, 5.74) is 1.21. The van der Waals surface area contributed by atoms with Gasteiger partial charge >= 0.3 is 0 Å². The van der Waals surface area contributed by atoms with Gasteiger partial charge in [-0.1, -0.05) is 36.4 Å². The molecule has 0 N–H and O–H groups in total. The second-order valence-corrected chi connectivity index (χ2v) is 6.29. The maximum absolute atomic E-state index is 4.51. The first-order valence-electron chi connectivity index (χ1n) is 7.38. The lowest BCUT2D eigenvalue weighted by atomic mass is 10.1. The molecule has 0 spiro atoms. The van der Waals surface area contributed by atoms with Crippen molar-refractivity contribution in [3.8, 4) is 0 Å². The van der Waals surface area contributed by atoms with Crippen LogP contribution in [0.3, 0.4) is 0 Å². The Bertz CT molecular complexity index is 569. The number of nitrogens with zero attached hydrogens (tertiary/aromatic N) is 3. The molecule has 0 unspecified atom stereocenters. The minimum absolute atomic E-state index is 1.05. The van der Waals surface area contributed by atoms with Gasteiger partial charge in [0.2, 0.25) is 0 Å². The molecule has 1 fully saturated rings. The summed E-state index contributed by atoms with van der Waals surface area (Å²) in [5.74, 6) is 1.12. The Labute approximate surface area is 130 Å². The molecule has 110 valence electrons. The van der Waals surface area contributed by atoms with Crippen molar-refractivity contribution in [2.45, 2.75) is 6.54 Å². The largest absolute Gasteiger partial charge is 0.354 e. The lowest BCUT2D eigenvalue weighted by Gasteiger charge is -2.36. The monoisotopic (exact) mass is 299 g/mol. The predicted octanol–water partition coefficient (Wildman–Crippen LogP) is 2.94. The van der Waals surface area contributed by atoms with E-state index in [1.807, 2.05) is 18.4 Å². The lowest BCUT2D eigenvalue weighted by molar-refractivity contribution is 0.177. The molecule has 1 aliphatic heterocycles. The van der Waals surface area contributed by atoms with Crippen molar-refractivity contribution in [1.29, 1.82) is 0 Å². The van der Waals surface area contributed by atoms with Crippen LogP contribution < -0.4 is 0 Å². The van der Waals surface area contributed by atoms with Gasteiger partial charge in [0.25, 0.3) is 0 Å². The highest BCUT2D eigenvalue weighted by molar-refractivity contribution is 7.09. The van der Waals surface area contributed by atoms with Gasteiger partial charge in [0, 0.05) is 50.2 Å². The third kappa shape index (κ3) is 3.52. The smallest absolute Gasteiger partial charge is 0.130 e. The van der Waals surface area contributed by atoms with Gasteiger partial charge in [0.15, 0.2) is 0 Å². The second kappa shape index (κ2) is 6.87. The van der Waals surface area contributed by atoms with Crippen molar-refractivity contribution in [3.05, 3.63) is 58.3 Å². The molecule has 2 aromatic rings. The number of piperazine rings is 1. The second-order valence-electron chi connectivity index (χ2n) is 5.26. The lowest BCUT2D eigenvalue weighted by Crippen LogP contribution is -2.48. The van der Waals surface area contributed by atoms with Gasteiger partial charge in [-0.3, -0.25) is 9.89 Å². The van der Waals surface area contributed by atoms with Crippen LogP contribution in [-0.2, 0) is 6.54 Å². The highest BCUT2D eigenvalue weighted by Crippen LogP contribution is 2.15. The first kappa shape index (κ1) is 14.3. The van der Waals surface area contributed by atoms with E-state index in [0.29, 0.717) is 0 Å². The summed E-state index contributed by atoms with van der Waals surface area (Å²) in [4.78, 5) is 10.9. The highest BCUT2D eigenvalue weighted by atomic mass is 32.1. The van der Waals surface area contributed by atoms with Crippen LogP contribution in [-0.4, -0.2) is 48.9 Å². The van der Waals surface area contributed by atoms with E-state index in [1.165, 1.54) is 10.4 Å². The van der Waals surface area contributed by atoms with E-state index in [-0.39, 0.29) is 0 Å². The van der Waals surface area contributed by atoms with Crippen molar-refractivity contribution in [3.63, 3.8) is 0 Å². The van der Waals surface area contributed by atoms with E-state index < -0.39 is 0 Å². The maximum Gasteiger partial charge on any atom is 0.130 e. The van der Waals surface area contributed by atoms with E-state index in [0.717, 1.165) is 38.6 Å². The van der Waals surface area contributed by atoms with Crippen LogP contribution in [0, 0.1) is 0 Å². The summed E-state index contributed by atoms with van der Waals surface area (Å²) >= 11 is 1.85. The van der Waals surface area contributed by atoms with E-state index in [9.17, 15) is 0 Å². The van der Waals surface area contributed by atoms with E-state index in [4.69, 9.17) is 0 Å². The van der Waals surface area contributed by atoms with Crippen LogP contribution in [0.15, 0.2) is 52.8 Å². The van der Waals surface area contributed by atoms with Crippen molar-refractivity contribution >= 4 is 17.2 Å². The standard InChI is InChI=1S/C17H21N3S/c1-18-17(15-6-3-2-4-7-15)20-11-9-19(10-12-20)14-16-8-5-13-21-16/h2-8,13H,9-12,14H2,1H3. The summed E-state index contributed by atoms with van der Waals surface area (Å²) in [6, 6.07) is 14.8. The van der Waals surface area contributed by atoms with Gasteiger partial charge in [-0.05, 0) is 11.4 Å². The van der Waals surface area contributed by atoms with Gasteiger partial charge in [-0.2, -0.15) is 0 Å². The van der Waals surface area contributed by atoms with Crippen LogP contribution in [0.2, 0.25) is 0 Å². The van der Waals surface area contributed by atoms with Gasteiger partial charge in [-0.15, -0.1) is 11.3 Å². The quantitative estimate of drug-likeness (QED) is 0.641. The van der Waals surface area contributed by atoms with Gasteiger partial charge in [0.05, 0.1) is 0 Å². The fourth-order valence-corrected chi connectivity index (χ4v) is 3.53. The number of hydrogen-bond donors (Lipinski definition) is 0. The SMILES string of the molecule is CN=C(c1ccccc1)N1CCN(Cc2cccs2)CC1. The van der Waals surface area contributed by atoms with Crippen molar-refractivity contribution in [2.24, 2.45) is 4.99 Å². The molecule has 1 saturated heterocycles. The molecule has 0 saturated carbocycles. The first-order chi connectivity index (χ1) is 10.4. The molecule has 0 bridgehead atoms. The predicted molar refractivity (Wildman–Crippen MR) is 90.1 cm³/mol. The molecule has 21 heavy (non-hydrogen) atoms. The maximum atomic E-state index is 4.51. The number of rotatable bonds is 3. The normalized spacial score (nSPS) is 17.2. The molecule has 0 aliphatic carbocycles. The Hall–Kier alpha value is -1.65. The topological polar surface area (TPSA) is 18.8 Å². The Morgan fingerprint density at radius 3 is 2.43 bits per heavy atom. The molecule has 0 radical (unpaired) electrons. The number of amidine groups is 1. The highest BCUT2D eigenvalue weighted by Gasteiger charge is 2.20. The fraction of sp³-hybridized carbons (Fsp3) is 0.353. The van der Waals surface area contributed by atoms with Gasteiger partial charge < -0.3 is 4.90 Å². The molecule has 2 heterocycles. The summed E-state index contributed by atoms with van der Waals surface area (Å²) in [7, 11) is 1.89. The van der Waals surface area contributed by atoms with Gasteiger partial charge in [-0.25, -0.2) is 0 Å². The molecule has 0 amide bonds. The summed E-state index contributed by atoms with van der Waals surface area (Å²) in [6.45, 7) is 5.38. The van der Waals surface area contributed by atoms with Crippen LogP contribution in [0.25, 0.3) is 0 Å². The molecule has 1 aliphatic rings. The van der Waals surface area contributed by atoms with Crippen LogP contribution >= 0.6 is 11.3 Å². The number of benzene rings is 1. The molecular weight excluding hydrogens is 278 g/mol. The average Bonchev–Trinajstić information content (AvgIpc) is 3.04. The third-order valence-electron chi connectivity index (χ3n) is 3.88. The first-order valence-corrected chi connectivity index (χ1v) is 8.26. The molecule has 3 nitrogen and oxygen atoms in total. The zero-order valence-electron chi connectivity index (χ0n) is 12.4. The summed E-state index contributed by atoms with van der Waals surface area (Å²) in [5, 5.41) is 2.16. The van der Waals surface area contributed by atoms with Crippen LogP contribution in [0.1, 0.15) is 10.4 Å². The van der Waals surface area contributed by atoms with Gasteiger partial charge in [0.1, 0.15) is 5.84 Å². The van der Waals surface area contributed by atoms with Crippen molar-refractivity contribution in [1.82, 2.24) is 9.80 Å². The molecule has 4 heteroatoms. The zero-order valence-corrected chi connectivity index (χ0v) is 13.2. The summed E-state index contributed by atoms with van der Waals surface area (Å²) < 4.78 is 0. The number of thiophene rings is 1. The molecule has 0 atom stereocenters. The Balaban J connectivity index is 1.60. The molecule has 1 aromatic carbocycles. The Morgan fingerprint density at radius 1 is 1.05 bits per heavy atom. The Morgan fingerprint density at radius 2 is 1.81 bits per heavy atom. The number of hydrogen-bond acceptors (Lipinski definition) is 3. The Kier molecular flexibility index (Phi) is 4.68. The zero-order chi connectivity index (χ0) is 14.5. The molecule has 3 rings (SSSR count). The van der Waals surface area contributed by atoms with E-state index >= 15 is 0 Å². The molecular formula is C17H21N3S.